The molecule has 0 spiro atoms. The molecule has 0 saturated heterocycles. The molecule has 0 radical (unpaired) electrons. The Morgan fingerprint density at radius 3 is 2.21 bits per heavy atom. The summed E-state index contributed by atoms with van der Waals surface area (Å²) >= 11 is 0. The standard InChI is InChI=1S/C13H24O/c1-3-12(4-2)13(14)10-11-8-6-5-7-9-11/h11-12H,3-10H2,1-2H3. The van der Waals surface area contributed by atoms with Crippen LogP contribution in [0.5, 0.6) is 0 Å². The van der Waals surface area contributed by atoms with Crippen molar-refractivity contribution in [2.24, 2.45) is 11.8 Å². The van der Waals surface area contributed by atoms with Gasteiger partial charge in [-0.3, -0.25) is 4.79 Å². The van der Waals surface area contributed by atoms with Gasteiger partial charge in [-0.2, -0.15) is 0 Å². The van der Waals surface area contributed by atoms with Gasteiger partial charge in [0.05, 0.1) is 0 Å². The molecule has 0 aliphatic heterocycles. The molecule has 1 nitrogen and oxygen atoms in total. The lowest BCUT2D eigenvalue weighted by Crippen LogP contribution is -2.18. The Morgan fingerprint density at radius 1 is 1.14 bits per heavy atom. The predicted octanol–water partition coefficient (Wildman–Crippen LogP) is 3.96. The van der Waals surface area contributed by atoms with Crippen LogP contribution < -0.4 is 0 Å². The number of ketones is 1. The Balaban J connectivity index is 2.30. The van der Waals surface area contributed by atoms with Crippen molar-refractivity contribution in [2.75, 3.05) is 0 Å². The minimum absolute atomic E-state index is 0.344. The van der Waals surface area contributed by atoms with Gasteiger partial charge < -0.3 is 0 Å². The zero-order chi connectivity index (χ0) is 10.4. The maximum atomic E-state index is 11.9. The first kappa shape index (κ1) is 11.7. The highest BCUT2D eigenvalue weighted by atomic mass is 16.1. The highest BCUT2D eigenvalue weighted by Crippen LogP contribution is 2.28. The molecule has 0 aromatic carbocycles. The lowest BCUT2D eigenvalue weighted by atomic mass is 9.82. The molecule has 0 N–H and O–H groups in total. The average molecular weight is 196 g/mol. The first-order valence-corrected chi connectivity index (χ1v) is 6.30. The van der Waals surface area contributed by atoms with Gasteiger partial charge in [-0.25, -0.2) is 0 Å². The molecule has 0 aromatic rings. The predicted molar refractivity (Wildman–Crippen MR) is 60.3 cm³/mol. The lowest BCUT2D eigenvalue weighted by Gasteiger charge is -2.22. The quantitative estimate of drug-likeness (QED) is 0.650. The molecule has 0 unspecified atom stereocenters. The van der Waals surface area contributed by atoms with Gasteiger partial charge in [-0.15, -0.1) is 0 Å². The third kappa shape index (κ3) is 3.43. The van der Waals surface area contributed by atoms with E-state index in [9.17, 15) is 4.79 Å². The SMILES string of the molecule is CCC(CC)C(=O)CC1CCCCC1. The van der Waals surface area contributed by atoms with Crippen molar-refractivity contribution in [1.82, 2.24) is 0 Å². The van der Waals surface area contributed by atoms with Gasteiger partial charge in [0.2, 0.25) is 0 Å². The Hall–Kier alpha value is -0.330. The Morgan fingerprint density at radius 2 is 1.71 bits per heavy atom. The first-order chi connectivity index (χ1) is 6.77. The van der Waals surface area contributed by atoms with Crippen LogP contribution in [0.4, 0.5) is 0 Å². The van der Waals surface area contributed by atoms with Crippen LogP contribution in [0.25, 0.3) is 0 Å². The van der Waals surface area contributed by atoms with Crippen LogP contribution in [0.3, 0.4) is 0 Å². The van der Waals surface area contributed by atoms with Crippen LogP contribution in [0.2, 0.25) is 0 Å². The molecular formula is C13H24O. The zero-order valence-electron chi connectivity index (χ0n) is 9.72. The fourth-order valence-electron chi connectivity index (χ4n) is 2.59. The maximum Gasteiger partial charge on any atom is 0.136 e. The first-order valence-electron chi connectivity index (χ1n) is 6.30. The monoisotopic (exact) mass is 196 g/mol. The van der Waals surface area contributed by atoms with Crippen LogP contribution in [0.15, 0.2) is 0 Å². The summed E-state index contributed by atoms with van der Waals surface area (Å²) in [5.41, 5.74) is 0. The van der Waals surface area contributed by atoms with Crippen LogP contribution >= 0.6 is 0 Å². The number of hydrogen-bond acceptors (Lipinski definition) is 1. The molecule has 82 valence electrons. The smallest absolute Gasteiger partial charge is 0.136 e. The summed E-state index contributed by atoms with van der Waals surface area (Å²) in [6.07, 6.45) is 9.60. The summed E-state index contributed by atoms with van der Waals surface area (Å²) in [5.74, 6) is 1.59. The van der Waals surface area contributed by atoms with Gasteiger partial charge in [0.15, 0.2) is 0 Å². The van der Waals surface area contributed by atoms with Gasteiger partial charge in [-0.1, -0.05) is 46.0 Å². The van der Waals surface area contributed by atoms with E-state index in [-0.39, 0.29) is 0 Å². The van der Waals surface area contributed by atoms with Crippen molar-refractivity contribution >= 4 is 5.78 Å². The van der Waals surface area contributed by atoms with E-state index < -0.39 is 0 Å². The molecular weight excluding hydrogens is 172 g/mol. The largest absolute Gasteiger partial charge is 0.299 e. The highest BCUT2D eigenvalue weighted by Gasteiger charge is 2.20. The van der Waals surface area contributed by atoms with Gasteiger partial charge in [-0.05, 0) is 18.8 Å². The number of carbonyl (C=O) groups is 1. The van der Waals surface area contributed by atoms with Crippen LogP contribution in [0.1, 0.15) is 65.2 Å². The topological polar surface area (TPSA) is 17.1 Å². The van der Waals surface area contributed by atoms with E-state index in [0.29, 0.717) is 11.7 Å². The minimum atomic E-state index is 0.344. The molecule has 1 fully saturated rings. The number of rotatable bonds is 5. The fourth-order valence-corrected chi connectivity index (χ4v) is 2.59. The van der Waals surface area contributed by atoms with Gasteiger partial charge in [0.1, 0.15) is 5.78 Å². The third-order valence-corrected chi connectivity index (χ3v) is 3.66. The maximum absolute atomic E-state index is 11.9. The van der Waals surface area contributed by atoms with Crippen LogP contribution in [0, 0.1) is 11.8 Å². The molecule has 0 heterocycles. The second-order valence-electron chi connectivity index (χ2n) is 4.69. The van der Waals surface area contributed by atoms with Crippen molar-refractivity contribution in [3.63, 3.8) is 0 Å². The van der Waals surface area contributed by atoms with Crippen molar-refractivity contribution in [3.05, 3.63) is 0 Å². The van der Waals surface area contributed by atoms with Crippen molar-refractivity contribution < 1.29 is 4.79 Å². The third-order valence-electron chi connectivity index (χ3n) is 3.66. The summed E-state index contributed by atoms with van der Waals surface area (Å²) in [4.78, 5) is 11.9. The molecule has 0 bridgehead atoms. The molecule has 1 saturated carbocycles. The molecule has 1 heteroatoms. The lowest BCUT2D eigenvalue weighted by molar-refractivity contribution is -0.124. The summed E-state index contributed by atoms with van der Waals surface area (Å²) in [6.45, 7) is 4.26. The Bertz CT molecular complexity index is 164. The molecule has 1 rings (SSSR count). The number of Topliss-reactive ketones (excluding diaryl/α,β-unsaturated/α-hetero) is 1. The van der Waals surface area contributed by atoms with E-state index in [1.807, 2.05) is 0 Å². The van der Waals surface area contributed by atoms with Crippen molar-refractivity contribution in [1.29, 1.82) is 0 Å². The molecule has 0 aromatic heterocycles. The minimum Gasteiger partial charge on any atom is -0.299 e. The van der Waals surface area contributed by atoms with E-state index in [1.165, 1.54) is 32.1 Å². The van der Waals surface area contributed by atoms with Gasteiger partial charge in [0.25, 0.3) is 0 Å². The normalized spacial score (nSPS) is 18.8. The second-order valence-corrected chi connectivity index (χ2v) is 4.69. The average Bonchev–Trinajstić information content (AvgIpc) is 2.21. The van der Waals surface area contributed by atoms with E-state index in [2.05, 4.69) is 13.8 Å². The Labute approximate surface area is 88.3 Å². The molecule has 1 aliphatic rings. The van der Waals surface area contributed by atoms with Crippen LogP contribution in [-0.2, 0) is 4.79 Å². The number of hydrogen-bond donors (Lipinski definition) is 0. The van der Waals surface area contributed by atoms with E-state index in [0.717, 1.165) is 25.2 Å². The van der Waals surface area contributed by atoms with E-state index >= 15 is 0 Å². The fraction of sp³-hybridized carbons (Fsp3) is 0.923. The van der Waals surface area contributed by atoms with E-state index in [1.54, 1.807) is 0 Å². The molecule has 0 atom stereocenters. The summed E-state index contributed by atoms with van der Waals surface area (Å²) in [6, 6.07) is 0. The second kappa shape index (κ2) is 6.21. The summed E-state index contributed by atoms with van der Waals surface area (Å²) in [7, 11) is 0. The van der Waals surface area contributed by atoms with Gasteiger partial charge >= 0.3 is 0 Å². The van der Waals surface area contributed by atoms with Crippen LogP contribution in [-0.4, -0.2) is 5.78 Å². The number of carbonyl (C=O) groups excluding carboxylic acids is 1. The molecule has 14 heavy (non-hydrogen) atoms. The van der Waals surface area contributed by atoms with Crippen molar-refractivity contribution in [3.8, 4) is 0 Å². The molecule has 0 amide bonds. The summed E-state index contributed by atoms with van der Waals surface area (Å²) in [5, 5.41) is 0. The molecule has 1 aliphatic carbocycles. The van der Waals surface area contributed by atoms with E-state index in [4.69, 9.17) is 0 Å². The van der Waals surface area contributed by atoms with Gasteiger partial charge in [0, 0.05) is 12.3 Å². The summed E-state index contributed by atoms with van der Waals surface area (Å²) < 4.78 is 0. The zero-order valence-corrected chi connectivity index (χ0v) is 9.72. The Kier molecular flexibility index (Phi) is 5.21. The highest BCUT2D eigenvalue weighted by molar-refractivity contribution is 5.81. The van der Waals surface area contributed by atoms with Crippen molar-refractivity contribution in [2.45, 2.75) is 65.2 Å².